The number of carbonyl (C=O) groups is 1. The second-order valence-electron chi connectivity index (χ2n) is 6.74. The van der Waals surface area contributed by atoms with Gasteiger partial charge in [-0.15, -0.1) is 11.3 Å². The zero-order chi connectivity index (χ0) is 19.8. The minimum Gasteiger partial charge on any atom is -0.462 e. The number of fused-ring (bicyclic) bond motifs is 1. The fourth-order valence-electron chi connectivity index (χ4n) is 3.42. The summed E-state index contributed by atoms with van der Waals surface area (Å²) in [6.45, 7) is 8.15. The van der Waals surface area contributed by atoms with E-state index >= 15 is 0 Å². The van der Waals surface area contributed by atoms with Gasteiger partial charge in [0.15, 0.2) is 5.65 Å². The second-order valence-corrected chi connectivity index (χ2v) is 7.69. The van der Waals surface area contributed by atoms with Crippen molar-refractivity contribution in [1.82, 2.24) is 14.8 Å². The first-order chi connectivity index (χ1) is 13.5. The highest BCUT2D eigenvalue weighted by atomic mass is 32.1. The SMILES string of the molecule is CCOC(=O)c1cc(-c2cccs2)nc2c1c(C)nn2-c1ccc(C)cc1C. The van der Waals surface area contributed by atoms with Gasteiger partial charge in [-0.3, -0.25) is 0 Å². The molecule has 4 aromatic rings. The Hall–Kier alpha value is -2.99. The van der Waals surface area contributed by atoms with Gasteiger partial charge < -0.3 is 4.74 Å². The third-order valence-electron chi connectivity index (χ3n) is 4.66. The molecule has 0 saturated carbocycles. The van der Waals surface area contributed by atoms with E-state index in [0.717, 1.165) is 32.9 Å². The summed E-state index contributed by atoms with van der Waals surface area (Å²) in [7, 11) is 0. The van der Waals surface area contributed by atoms with E-state index in [9.17, 15) is 4.79 Å². The first kappa shape index (κ1) is 18.4. The third-order valence-corrected chi connectivity index (χ3v) is 5.55. The van der Waals surface area contributed by atoms with E-state index < -0.39 is 0 Å². The smallest absolute Gasteiger partial charge is 0.339 e. The Morgan fingerprint density at radius 3 is 2.68 bits per heavy atom. The number of hydrogen-bond acceptors (Lipinski definition) is 5. The molecular formula is C22H21N3O2S. The first-order valence-electron chi connectivity index (χ1n) is 9.18. The standard InChI is InChI=1S/C22H21N3O2S/c1-5-27-22(26)16-12-17(19-7-6-10-28-19)23-21-20(16)15(4)24-25(21)18-9-8-13(2)11-14(18)3/h6-12H,5H2,1-4H3. The van der Waals surface area contributed by atoms with Crippen molar-refractivity contribution in [3.8, 4) is 16.3 Å². The Labute approximate surface area is 167 Å². The maximum Gasteiger partial charge on any atom is 0.339 e. The van der Waals surface area contributed by atoms with Crippen LogP contribution in [0.4, 0.5) is 0 Å². The average Bonchev–Trinajstić information content (AvgIpc) is 3.30. The molecular weight excluding hydrogens is 370 g/mol. The molecule has 4 rings (SSSR count). The number of rotatable bonds is 4. The Kier molecular flexibility index (Phi) is 4.73. The molecule has 1 aromatic carbocycles. The van der Waals surface area contributed by atoms with Crippen LogP contribution in [0.1, 0.15) is 34.1 Å². The summed E-state index contributed by atoms with van der Waals surface area (Å²) >= 11 is 1.59. The lowest BCUT2D eigenvalue weighted by Gasteiger charge is -2.10. The van der Waals surface area contributed by atoms with Crippen LogP contribution in [-0.4, -0.2) is 27.3 Å². The van der Waals surface area contributed by atoms with Crippen LogP contribution in [-0.2, 0) is 4.74 Å². The Balaban J connectivity index is 2.04. The molecule has 0 saturated heterocycles. The van der Waals surface area contributed by atoms with E-state index in [1.165, 1.54) is 5.56 Å². The van der Waals surface area contributed by atoms with Crippen LogP contribution in [0.2, 0.25) is 0 Å². The lowest BCUT2D eigenvalue weighted by Crippen LogP contribution is -2.07. The average molecular weight is 391 g/mol. The molecule has 0 N–H and O–H groups in total. The number of hydrogen-bond donors (Lipinski definition) is 0. The molecule has 3 aromatic heterocycles. The van der Waals surface area contributed by atoms with E-state index in [2.05, 4.69) is 26.0 Å². The van der Waals surface area contributed by atoms with Crippen molar-refractivity contribution < 1.29 is 9.53 Å². The predicted octanol–water partition coefficient (Wildman–Crippen LogP) is 5.25. The lowest BCUT2D eigenvalue weighted by molar-refractivity contribution is 0.0528. The molecule has 3 heterocycles. The molecule has 0 aliphatic carbocycles. The minimum absolute atomic E-state index is 0.321. The lowest BCUT2D eigenvalue weighted by atomic mass is 10.1. The van der Waals surface area contributed by atoms with Crippen LogP contribution >= 0.6 is 11.3 Å². The molecule has 6 heteroatoms. The highest BCUT2D eigenvalue weighted by molar-refractivity contribution is 7.13. The van der Waals surface area contributed by atoms with Gasteiger partial charge in [0, 0.05) is 0 Å². The fraction of sp³-hybridized carbons (Fsp3) is 0.227. The zero-order valence-corrected chi connectivity index (χ0v) is 17.1. The van der Waals surface area contributed by atoms with Crippen molar-refractivity contribution in [1.29, 1.82) is 0 Å². The Morgan fingerprint density at radius 1 is 1.18 bits per heavy atom. The first-order valence-corrected chi connectivity index (χ1v) is 10.1. The number of ether oxygens (including phenoxy) is 1. The highest BCUT2D eigenvalue weighted by Gasteiger charge is 2.22. The molecule has 28 heavy (non-hydrogen) atoms. The van der Waals surface area contributed by atoms with Crippen LogP contribution in [0.5, 0.6) is 0 Å². The molecule has 0 radical (unpaired) electrons. The van der Waals surface area contributed by atoms with Gasteiger partial charge in [0.2, 0.25) is 0 Å². The predicted molar refractivity (Wildman–Crippen MR) is 112 cm³/mol. The fourth-order valence-corrected chi connectivity index (χ4v) is 4.11. The summed E-state index contributed by atoms with van der Waals surface area (Å²) in [5, 5.41) is 7.46. The van der Waals surface area contributed by atoms with Crippen LogP contribution < -0.4 is 0 Å². The quantitative estimate of drug-likeness (QED) is 0.446. The van der Waals surface area contributed by atoms with Crippen molar-refractivity contribution in [2.75, 3.05) is 6.61 Å². The molecule has 0 spiro atoms. The van der Waals surface area contributed by atoms with Crippen molar-refractivity contribution >= 4 is 28.3 Å². The van der Waals surface area contributed by atoms with Crippen molar-refractivity contribution in [3.05, 3.63) is 64.2 Å². The Morgan fingerprint density at radius 2 is 2.00 bits per heavy atom. The normalized spacial score (nSPS) is 11.1. The maximum atomic E-state index is 12.7. The number of esters is 1. The molecule has 0 aliphatic rings. The van der Waals surface area contributed by atoms with Crippen LogP contribution in [0, 0.1) is 20.8 Å². The Bertz CT molecular complexity index is 1180. The second kappa shape index (κ2) is 7.20. The molecule has 0 amide bonds. The number of nitrogens with zero attached hydrogens (tertiary/aromatic N) is 3. The van der Waals surface area contributed by atoms with Gasteiger partial charge >= 0.3 is 5.97 Å². The van der Waals surface area contributed by atoms with Gasteiger partial charge in [-0.1, -0.05) is 23.8 Å². The van der Waals surface area contributed by atoms with E-state index in [4.69, 9.17) is 14.8 Å². The van der Waals surface area contributed by atoms with Crippen LogP contribution in [0.15, 0.2) is 41.8 Å². The van der Waals surface area contributed by atoms with Gasteiger partial charge in [-0.2, -0.15) is 5.10 Å². The van der Waals surface area contributed by atoms with Gasteiger partial charge in [-0.05, 0) is 56.8 Å². The molecule has 0 bridgehead atoms. The van der Waals surface area contributed by atoms with Crippen molar-refractivity contribution in [2.45, 2.75) is 27.7 Å². The van der Waals surface area contributed by atoms with Crippen LogP contribution in [0.25, 0.3) is 27.3 Å². The minimum atomic E-state index is -0.351. The topological polar surface area (TPSA) is 57.0 Å². The van der Waals surface area contributed by atoms with E-state index in [1.54, 1.807) is 11.3 Å². The zero-order valence-electron chi connectivity index (χ0n) is 16.3. The molecule has 0 fully saturated rings. The largest absolute Gasteiger partial charge is 0.462 e. The number of pyridine rings is 1. The third kappa shape index (κ3) is 3.10. The highest BCUT2D eigenvalue weighted by Crippen LogP contribution is 2.31. The number of aryl methyl sites for hydroxylation is 3. The van der Waals surface area contributed by atoms with Crippen LogP contribution in [0.3, 0.4) is 0 Å². The molecule has 0 atom stereocenters. The monoisotopic (exact) mass is 391 g/mol. The summed E-state index contributed by atoms with van der Waals surface area (Å²) < 4.78 is 7.15. The van der Waals surface area contributed by atoms with Gasteiger partial charge in [-0.25, -0.2) is 14.5 Å². The summed E-state index contributed by atoms with van der Waals surface area (Å²) in [5.41, 5.74) is 5.91. The number of aromatic nitrogens is 3. The van der Waals surface area contributed by atoms with Gasteiger partial charge in [0.25, 0.3) is 0 Å². The number of benzene rings is 1. The van der Waals surface area contributed by atoms with E-state index in [0.29, 0.717) is 17.8 Å². The van der Waals surface area contributed by atoms with Gasteiger partial charge in [0.1, 0.15) is 0 Å². The number of thiophene rings is 1. The molecule has 142 valence electrons. The van der Waals surface area contributed by atoms with Crippen molar-refractivity contribution in [2.24, 2.45) is 0 Å². The summed E-state index contributed by atoms with van der Waals surface area (Å²) in [5.74, 6) is -0.351. The number of carbonyl (C=O) groups excluding carboxylic acids is 1. The summed E-state index contributed by atoms with van der Waals surface area (Å²) in [6, 6.07) is 12.0. The summed E-state index contributed by atoms with van der Waals surface area (Å²) in [6.07, 6.45) is 0. The molecule has 0 aliphatic heterocycles. The maximum absolute atomic E-state index is 12.7. The molecule has 0 unspecified atom stereocenters. The van der Waals surface area contributed by atoms with Gasteiger partial charge in [0.05, 0.1) is 39.5 Å². The van der Waals surface area contributed by atoms with E-state index in [-0.39, 0.29) is 5.97 Å². The molecule has 5 nitrogen and oxygen atoms in total. The summed E-state index contributed by atoms with van der Waals surface area (Å²) in [4.78, 5) is 18.6. The van der Waals surface area contributed by atoms with E-state index in [1.807, 2.05) is 48.2 Å². The van der Waals surface area contributed by atoms with Crippen molar-refractivity contribution in [3.63, 3.8) is 0 Å².